The largest absolute Gasteiger partial charge is 0.359 e. The zero-order chi connectivity index (χ0) is 29.2. The van der Waals surface area contributed by atoms with Crippen LogP contribution in [0.4, 0.5) is 4.39 Å². The smallest absolute Gasteiger partial charge is 0.220 e. The Labute approximate surface area is 247 Å². The number of nitrogens with one attached hydrogen (secondary N) is 1. The van der Waals surface area contributed by atoms with Crippen LogP contribution in [0.2, 0.25) is 0 Å². The van der Waals surface area contributed by atoms with Crippen molar-refractivity contribution in [2.45, 2.75) is 95.9 Å². The molecule has 0 saturated heterocycles. The molecule has 0 radical (unpaired) electrons. The molecule has 4 heteroatoms. The number of rotatable bonds is 19. The van der Waals surface area contributed by atoms with Gasteiger partial charge in [0.1, 0.15) is 11.8 Å². The van der Waals surface area contributed by atoms with Crippen molar-refractivity contribution in [3.05, 3.63) is 120 Å². The van der Waals surface area contributed by atoms with E-state index in [0.717, 1.165) is 55.2 Å². The van der Waals surface area contributed by atoms with E-state index in [4.69, 9.17) is 4.74 Å². The topological polar surface area (TPSA) is 38.3 Å². The van der Waals surface area contributed by atoms with E-state index in [1.54, 1.807) is 6.08 Å². The first-order chi connectivity index (χ1) is 20.1. The van der Waals surface area contributed by atoms with Crippen LogP contribution in [0.15, 0.2) is 103 Å². The van der Waals surface area contributed by atoms with Crippen LogP contribution in [0.5, 0.6) is 0 Å². The highest BCUT2D eigenvalue weighted by molar-refractivity contribution is 5.76. The molecule has 1 amide bonds. The van der Waals surface area contributed by atoms with Crippen LogP contribution in [0.1, 0.15) is 94.7 Å². The molecule has 0 spiro atoms. The number of amides is 1. The van der Waals surface area contributed by atoms with E-state index >= 15 is 4.39 Å². The summed E-state index contributed by atoms with van der Waals surface area (Å²) in [5.74, 6) is -0.132. The molecule has 0 aliphatic carbocycles. The van der Waals surface area contributed by atoms with Crippen LogP contribution in [0.3, 0.4) is 0 Å². The highest BCUT2D eigenvalue weighted by atomic mass is 19.1. The van der Waals surface area contributed by atoms with Gasteiger partial charge in [-0.15, -0.1) is 0 Å². The minimum absolute atomic E-state index is 0.0141. The lowest BCUT2D eigenvalue weighted by molar-refractivity contribution is -0.123. The summed E-state index contributed by atoms with van der Waals surface area (Å²) in [5, 5.41) is 2.98. The van der Waals surface area contributed by atoms with Crippen molar-refractivity contribution in [3.63, 3.8) is 0 Å². The van der Waals surface area contributed by atoms with E-state index < -0.39 is 17.8 Å². The zero-order valence-corrected chi connectivity index (χ0v) is 24.9. The molecule has 0 heterocycles. The number of halogens is 1. The number of allylic oxidation sites excluding steroid dienone is 1. The van der Waals surface area contributed by atoms with Gasteiger partial charge in [-0.25, -0.2) is 4.39 Å². The molecule has 0 aliphatic rings. The second kappa shape index (κ2) is 18.2. The van der Waals surface area contributed by atoms with E-state index in [0.29, 0.717) is 6.42 Å². The third-order valence-electron chi connectivity index (χ3n) is 7.55. The third-order valence-corrected chi connectivity index (χ3v) is 7.55. The molecule has 0 aliphatic heterocycles. The standard InChI is InChI=1S/C37H48FNO2/c1-3-5-7-8-9-10-21-28-34(38)35(39-36(40)29-14-6-4-2)30-41-37(31-22-15-11-16-23-31,32-24-17-12-18-25-32)33-26-19-13-20-27-33/h11-13,15-28,34-35H,3-10,14,29-30H2,1-2H3,(H,39,40)/b28-21+/t34?,35-/m0/s1/i36+2. The lowest BCUT2D eigenvalue weighted by Crippen LogP contribution is -2.46. The average molecular weight is 560 g/mol. The van der Waals surface area contributed by atoms with E-state index in [-0.39, 0.29) is 12.5 Å². The molecule has 3 aromatic carbocycles. The first kappa shape index (κ1) is 32.3. The van der Waals surface area contributed by atoms with Gasteiger partial charge in [0.25, 0.3) is 0 Å². The molecule has 0 saturated carbocycles. The van der Waals surface area contributed by atoms with Crippen LogP contribution in [-0.2, 0) is 15.1 Å². The molecule has 3 rings (SSSR count). The first-order valence-electron chi connectivity index (χ1n) is 15.5. The third kappa shape index (κ3) is 9.97. The van der Waals surface area contributed by atoms with Crippen molar-refractivity contribution in [1.29, 1.82) is 0 Å². The predicted molar refractivity (Wildman–Crippen MR) is 169 cm³/mol. The number of hydrogen-bond acceptors (Lipinski definition) is 2. The summed E-state index contributed by atoms with van der Waals surface area (Å²) in [6, 6.07) is 29.4. The van der Waals surface area contributed by atoms with Crippen LogP contribution >= 0.6 is 0 Å². The number of benzene rings is 3. The van der Waals surface area contributed by atoms with E-state index in [1.807, 2.05) is 97.1 Å². The number of hydrogen-bond donors (Lipinski definition) is 1. The zero-order valence-electron chi connectivity index (χ0n) is 24.9. The van der Waals surface area contributed by atoms with Crippen LogP contribution < -0.4 is 5.32 Å². The van der Waals surface area contributed by atoms with Crippen LogP contribution in [0, 0.1) is 0 Å². The summed E-state index contributed by atoms with van der Waals surface area (Å²) >= 11 is 0. The molecular formula is C37H48FNO2. The number of carbonyl (C=O) groups excluding carboxylic acids is 1. The van der Waals surface area contributed by atoms with Gasteiger partial charge >= 0.3 is 0 Å². The molecule has 0 aromatic heterocycles. The Bertz CT molecular complexity index is 1040. The van der Waals surface area contributed by atoms with Crippen molar-refractivity contribution in [3.8, 4) is 0 Å². The van der Waals surface area contributed by atoms with Gasteiger partial charge in [-0.05, 0) is 36.0 Å². The van der Waals surface area contributed by atoms with Crippen LogP contribution in [0.25, 0.3) is 0 Å². The Morgan fingerprint density at radius 1 is 0.756 bits per heavy atom. The highest BCUT2D eigenvalue weighted by Gasteiger charge is 2.39. The normalized spacial score (nSPS) is 13.2. The molecule has 41 heavy (non-hydrogen) atoms. The van der Waals surface area contributed by atoms with Crippen LogP contribution in [-0.4, -0.2) is 24.7 Å². The fourth-order valence-corrected chi connectivity index (χ4v) is 5.24. The number of alkyl halides is 1. The van der Waals surface area contributed by atoms with Gasteiger partial charge in [0.2, 0.25) is 5.91 Å². The maximum absolute atomic E-state index is 15.8. The maximum atomic E-state index is 15.8. The lowest BCUT2D eigenvalue weighted by atomic mass is 9.80. The fourth-order valence-electron chi connectivity index (χ4n) is 5.24. The Kier molecular flexibility index (Phi) is 14.4. The van der Waals surface area contributed by atoms with Gasteiger partial charge in [0.15, 0.2) is 0 Å². The second-order valence-electron chi connectivity index (χ2n) is 10.8. The fraction of sp³-hybridized carbons (Fsp3) is 0.432. The molecule has 1 unspecified atom stereocenters. The summed E-state index contributed by atoms with van der Waals surface area (Å²) in [7, 11) is 0. The molecule has 2 atom stereocenters. The molecule has 3 aromatic rings. The van der Waals surface area contributed by atoms with Crippen molar-refractivity contribution in [2.75, 3.05) is 6.61 Å². The molecule has 0 bridgehead atoms. The van der Waals surface area contributed by atoms with Crippen molar-refractivity contribution in [1.82, 2.24) is 5.32 Å². The summed E-state index contributed by atoms with van der Waals surface area (Å²) in [4.78, 5) is 12.9. The quantitative estimate of drug-likeness (QED) is 0.0903. The number of carbonyl (C=O) groups is 1. The number of ether oxygens (including phenoxy) is 1. The van der Waals surface area contributed by atoms with E-state index in [9.17, 15) is 4.79 Å². The number of unbranched alkanes of at least 4 members (excludes halogenated alkanes) is 7. The first-order valence-corrected chi connectivity index (χ1v) is 15.5. The Morgan fingerprint density at radius 2 is 1.24 bits per heavy atom. The molecule has 0 fully saturated rings. The minimum Gasteiger partial charge on any atom is -0.359 e. The van der Waals surface area contributed by atoms with Gasteiger partial charge in [0.05, 0.1) is 12.6 Å². The van der Waals surface area contributed by atoms with Gasteiger partial charge < -0.3 is 10.1 Å². The summed E-state index contributed by atoms with van der Waals surface area (Å²) in [6.45, 7) is 4.32. The predicted octanol–water partition coefficient (Wildman–Crippen LogP) is 9.32. The van der Waals surface area contributed by atoms with Crippen molar-refractivity contribution >= 4 is 5.91 Å². The Hall–Kier alpha value is -3.24. The van der Waals surface area contributed by atoms with Gasteiger partial charge in [-0.3, -0.25) is 4.79 Å². The molecule has 220 valence electrons. The second-order valence-corrected chi connectivity index (χ2v) is 10.8. The van der Waals surface area contributed by atoms with Crippen molar-refractivity contribution < 1.29 is 13.9 Å². The molecule has 3 nitrogen and oxygen atoms in total. The molecular weight excluding hydrogens is 511 g/mol. The van der Waals surface area contributed by atoms with E-state index in [2.05, 4.69) is 19.2 Å². The van der Waals surface area contributed by atoms with Gasteiger partial charge in [-0.2, -0.15) is 0 Å². The maximum Gasteiger partial charge on any atom is 0.220 e. The Balaban J connectivity index is 1.89. The summed E-state index contributed by atoms with van der Waals surface area (Å²) < 4.78 is 22.7. The lowest BCUT2D eigenvalue weighted by Gasteiger charge is -2.37. The summed E-state index contributed by atoms with van der Waals surface area (Å²) in [6.07, 6.45) is 12.1. The van der Waals surface area contributed by atoms with E-state index in [1.165, 1.54) is 19.3 Å². The van der Waals surface area contributed by atoms with Crippen molar-refractivity contribution in [2.24, 2.45) is 0 Å². The minimum atomic E-state index is -1.36. The highest BCUT2D eigenvalue weighted by Crippen LogP contribution is 2.40. The molecule has 1 N–H and O–H groups in total. The summed E-state index contributed by atoms with van der Waals surface area (Å²) in [5.41, 5.74) is 1.87. The monoisotopic (exact) mass is 559 g/mol. The Morgan fingerprint density at radius 3 is 1.76 bits per heavy atom. The van der Waals surface area contributed by atoms with Gasteiger partial charge in [0, 0.05) is 6.42 Å². The van der Waals surface area contributed by atoms with Gasteiger partial charge in [-0.1, -0.05) is 156 Å². The average Bonchev–Trinajstić information content (AvgIpc) is 3.02. The SMILES string of the molecule is CCCCCCC/C=C/C(F)[C@H](COC(c1ccccc1)(c1ccccc1)c1ccccc1)N[14C](=O)CCCCC.